The first kappa shape index (κ1) is 17.9. The summed E-state index contributed by atoms with van der Waals surface area (Å²) in [5, 5.41) is 6.57. The molecule has 0 atom stereocenters. The monoisotopic (exact) mass is 377 g/mol. The molecule has 144 valence electrons. The second-order valence-electron chi connectivity index (χ2n) is 6.77. The molecule has 1 aliphatic heterocycles. The molecule has 3 aromatic rings. The second-order valence-corrected chi connectivity index (χ2v) is 6.77. The van der Waals surface area contributed by atoms with Crippen LogP contribution in [0.15, 0.2) is 48.5 Å². The van der Waals surface area contributed by atoms with E-state index >= 15 is 0 Å². The molecule has 2 heterocycles. The summed E-state index contributed by atoms with van der Waals surface area (Å²) >= 11 is 0. The maximum Gasteiger partial charge on any atom is 0.229 e. The van der Waals surface area contributed by atoms with E-state index in [4.69, 9.17) is 9.47 Å². The third kappa shape index (κ3) is 4.09. The van der Waals surface area contributed by atoms with E-state index < -0.39 is 0 Å². The molecule has 28 heavy (non-hydrogen) atoms. The van der Waals surface area contributed by atoms with Crippen LogP contribution >= 0.6 is 0 Å². The van der Waals surface area contributed by atoms with E-state index in [0.717, 1.165) is 34.3 Å². The van der Waals surface area contributed by atoms with Crippen LogP contribution in [0.5, 0.6) is 11.5 Å². The van der Waals surface area contributed by atoms with E-state index in [1.165, 1.54) is 0 Å². The van der Waals surface area contributed by atoms with Gasteiger partial charge in [0.15, 0.2) is 11.5 Å². The van der Waals surface area contributed by atoms with Crippen LogP contribution in [-0.4, -0.2) is 37.3 Å². The first-order valence-corrected chi connectivity index (χ1v) is 9.13. The summed E-state index contributed by atoms with van der Waals surface area (Å²) in [5.74, 6) is 2.75. The molecule has 4 rings (SSSR count). The number of hydrogen-bond acceptors (Lipinski definition) is 7. The number of rotatable bonds is 5. The van der Waals surface area contributed by atoms with Crippen LogP contribution in [0.4, 0.5) is 28.8 Å². The second kappa shape index (κ2) is 7.64. The van der Waals surface area contributed by atoms with Gasteiger partial charge in [-0.1, -0.05) is 0 Å². The molecule has 0 spiro atoms. The van der Waals surface area contributed by atoms with Crippen LogP contribution in [0.25, 0.3) is 0 Å². The Labute approximate surface area is 164 Å². The Morgan fingerprint density at radius 3 is 2.29 bits per heavy atom. The van der Waals surface area contributed by atoms with Gasteiger partial charge in [0.05, 0.1) is 0 Å². The zero-order valence-electron chi connectivity index (χ0n) is 16.2. The van der Waals surface area contributed by atoms with Crippen molar-refractivity contribution in [3.63, 3.8) is 0 Å². The van der Waals surface area contributed by atoms with Gasteiger partial charge >= 0.3 is 0 Å². The number of nitrogens with one attached hydrogen (secondary N) is 2. The Morgan fingerprint density at radius 2 is 1.54 bits per heavy atom. The molecular weight excluding hydrogens is 354 g/mol. The Bertz CT molecular complexity index is 973. The number of ether oxygens (including phenoxy) is 2. The lowest BCUT2D eigenvalue weighted by Crippen LogP contribution is -2.15. The molecule has 1 aromatic heterocycles. The smallest absolute Gasteiger partial charge is 0.229 e. The molecule has 0 saturated carbocycles. The summed E-state index contributed by atoms with van der Waals surface area (Å²) in [7, 11) is 4.03. The average Bonchev–Trinajstić information content (AvgIpc) is 2.68. The van der Waals surface area contributed by atoms with E-state index in [-0.39, 0.29) is 0 Å². The standard InChI is InChI=1S/C21H23N5O2/c1-14-12-20(23-16-6-9-18-19(13-16)28-11-10-27-18)25-21(22-14)24-15-4-7-17(8-5-15)26(2)3/h4-9,12-13H,10-11H2,1-3H3,(H2,22,23,24,25). The summed E-state index contributed by atoms with van der Waals surface area (Å²) in [6, 6.07) is 15.8. The van der Waals surface area contributed by atoms with E-state index in [1.807, 2.05) is 69.6 Å². The van der Waals surface area contributed by atoms with Gasteiger partial charge < -0.3 is 25.0 Å². The summed E-state index contributed by atoms with van der Waals surface area (Å²) in [6.45, 7) is 3.08. The molecule has 0 radical (unpaired) electrons. The van der Waals surface area contributed by atoms with Gasteiger partial charge in [-0.3, -0.25) is 0 Å². The summed E-state index contributed by atoms with van der Waals surface area (Å²) in [6.07, 6.45) is 0. The number of anilines is 5. The number of nitrogens with zero attached hydrogens (tertiary/aromatic N) is 3. The number of fused-ring (bicyclic) bond motifs is 1. The quantitative estimate of drug-likeness (QED) is 0.693. The van der Waals surface area contributed by atoms with Crippen LogP contribution in [0.1, 0.15) is 5.69 Å². The first-order valence-electron chi connectivity index (χ1n) is 9.13. The fourth-order valence-electron chi connectivity index (χ4n) is 2.93. The van der Waals surface area contributed by atoms with Crippen molar-refractivity contribution in [1.29, 1.82) is 0 Å². The molecule has 0 bridgehead atoms. The van der Waals surface area contributed by atoms with Gasteiger partial charge in [0, 0.05) is 49.0 Å². The number of aryl methyl sites for hydroxylation is 1. The topological polar surface area (TPSA) is 71.5 Å². The molecule has 2 aromatic carbocycles. The van der Waals surface area contributed by atoms with Crippen molar-refractivity contribution in [2.75, 3.05) is 42.8 Å². The van der Waals surface area contributed by atoms with Gasteiger partial charge in [-0.05, 0) is 43.3 Å². The summed E-state index contributed by atoms with van der Waals surface area (Å²) < 4.78 is 11.2. The average molecular weight is 377 g/mol. The van der Waals surface area contributed by atoms with E-state index in [1.54, 1.807) is 0 Å². The molecule has 0 fully saturated rings. The predicted molar refractivity (Wildman–Crippen MR) is 112 cm³/mol. The third-order valence-electron chi connectivity index (χ3n) is 4.31. The van der Waals surface area contributed by atoms with Gasteiger partial charge in [-0.2, -0.15) is 4.98 Å². The maximum atomic E-state index is 5.64. The fourth-order valence-corrected chi connectivity index (χ4v) is 2.93. The predicted octanol–water partition coefficient (Wildman–Crippen LogP) is 4.11. The molecule has 7 nitrogen and oxygen atoms in total. The van der Waals surface area contributed by atoms with Crippen molar-refractivity contribution in [3.05, 3.63) is 54.2 Å². The molecule has 1 aliphatic rings. The largest absolute Gasteiger partial charge is 0.486 e. The normalized spacial score (nSPS) is 12.4. The molecule has 0 saturated heterocycles. The van der Waals surface area contributed by atoms with Crippen LogP contribution in [0.2, 0.25) is 0 Å². The first-order chi connectivity index (χ1) is 13.6. The van der Waals surface area contributed by atoms with Crippen molar-refractivity contribution in [3.8, 4) is 11.5 Å². The number of hydrogen-bond donors (Lipinski definition) is 2. The number of benzene rings is 2. The SMILES string of the molecule is Cc1cc(Nc2ccc3c(c2)OCCO3)nc(Nc2ccc(N(C)C)cc2)n1. The highest BCUT2D eigenvalue weighted by atomic mass is 16.6. The van der Waals surface area contributed by atoms with Crippen LogP contribution in [-0.2, 0) is 0 Å². The molecule has 0 aliphatic carbocycles. The Hall–Kier alpha value is -3.48. The fraction of sp³-hybridized carbons (Fsp3) is 0.238. The molecule has 0 unspecified atom stereocenters. The summed E-state index contributed by atoms with van der Waals surface area (Å²) in [4.78, 5) is 11.1. The third-order valence-corrected chi connectivity index (χ3v) is 4.31. The Morgan fingerprint density at radius 1 is 0.821 bits per heavy atom. The molecular formula is C21H23N5O2. The van der Waals surface area contributed by atoms with Crippen molar-refractivity contribution < 1.29 is 9.47 Å². The Balaban J connectivity index is 1.52. The van der Waals surface area contributed by atoms with Crippen LogP contribution in [0.3, 0.4) is 0 Å². The molecule has 0 amide bonds. The van der Waals surface area contributed by atoms with Gasteiger partial charge in [-0.25, -0.2) is 4.98 Å². The van der Waals surface area contributed by atoms with Gasteiger partial charge in [0.1, 0.15) is 19.0 Å². The van der Waals surface area contributed by atoms with Crippen LogP contribution < -0.4 is 25.0 Å². The van der Waals surface area contributed by atoms with Crippen LogP contribution in [0, 0.1) is 6.92 Å². The van der Waals surface area contributed by atoms with E-state index in [2.05, 4.69) is 25.5 Å². The lowest BCUT2D eigenvalue weighted by atomic mass is 10.2. The number of aromatic nitrogens is 2. The van der Waals surface area contributed by atoms with E-state index in [9.17, 15) is 0 Å². The zero-order chi connectivity index (χ0) is 19.5. The zero-order valence-corrected chi connectivity index (χ0v) is 16.2. The minimum absolute atomic E-state index is 0.539. The lowest BCUT2D eigenvalue weighted by molar-refractivity contribution is 0.171. The highest BCUT2D eigenvalue weighted by Gasteiger charge is 2.12. The highest BCUT2D eigenvalue weighted by molar-refractivity contribution is 5.64. The molecule has 7 heteroatoms. The summed E-state index contributed by atoms with van der Waals surface area (Å²) in [5.41, 5.74) is 3.81. The van der Waals surface area contributed by atoms with Crippen molar-refractivity contribution in [1.82, 2.24) is 9.97 Å². The minimum atomic E-state index is 0.539. The van der Waals surface area contributed by atoms with Crippen molar-refractivity contribution in [2.24, 2.45) is 0 Å². The van der Waals surface area contributed by atoms with Gasteiger partial charge in [0.25, 0.3) is 0 Å². The highest BCUT2D eigenvalue weighted by Crippen LogP contribution is 2.33. The maximum absolute atomic E-state index is 5.64. The van der Waals surface area contributed by atoms with E-state index in [0.29, 0.717) is 25.0 Å². The lowest BCUT2D eigenvalue weighted by Gasteiger charge is -2.19. The van der Waals surface area contributed by atoms with Crippen molar-refractivity contribution >= 4 is 28.8 Å². The van der Waals surface area contributed by atoms with Crippen molar-refractivity contribution in [2.45, 2.75) is 6.92 Å². The minimum Gasteiger partial charge on any atom is -0.486 e. The van der Waals surface area contributed by atoms with Gasteiger partial charge in [-0.15, -0.1) is 0 Å². The Kier molecular flexibility index (Phi) is 4.89. The molecule has 2 N–H and O–H groups in total. The van der Waals surface area contributed by atoms with Gasteiger partial charge in [0.2, 0.25) is 5.95 Å².